The lowest BCUT2D eigenvalue weighted by atomic mass is 10.0. The fourth-order valence-electron chi connectivity index (χ4n) is 5.69. The Morgan fingerprint density at radius 2 is 0.694 bits per heavy atom. The van der Waals surface area contributed by atoms with Crippen LogP contribution in [-0.2, 0) is 62.2 Å². The molecule has 0 spiro atoms. The van der Waals surface area contributed by atoms with E-state index in [4.69, 9.17) is 37.8 Å². The third-order valence-electron chi connectivity index (χ3n) is 9.29. The van der Waals surface area contributed by atoms with E-state index in [2.05, 4.69) is 23.7 Å². The van der Waals surface area contributed by atoms with Gasteiger partial charge in [0.15, 0.2) is 0 Å². The van der Waals surface area contributed by atoms with Gasteiger partial charge in [-0.15, -0.1) is 0 Å². The highest BCUT2D eigenvalue weighted by atomic mass is 31.2. The molecule has 0 amide bonds. The molecule has 16 heteroatoms. The van der Waals surface area contributed by atoms with E-state index in [-0.39, 0.29) is 47.8 Å². The average Bonchev–Trinajstić information content (AvgIpc) is 3.29. The molecule has 0 unspecified atom stereocenters. The topological polar surface area (TPSA) is 198 Å². The van der Waals surface area contributed by atoms with E-state index in [1.165, 1.54) is 77.0 Å². The number of aromatic carboxylic acids is 2. The van der Waals surface area contributed by atoms with E-state index in [1.807, 2.05) is 0 Å². The molecule has 5 aromatic carbocycles. The van der Waals surface area contributed by atoms with Gasteiger partial charge in [-0.05, 0) is 119 Å². The standard InChI is InChI=1S/C46H40O14P2/c1-55-61(53,56-2)29-41-25-40(28-60-46(52)38-23-15-34(16-24-38)8-6-32-11-19-36(20-12-32)44(49)50)42(30-62(54,57-3)58-4)26-39(41)27-59-45(51)37-21-13-33(14-22-37)7-5-31-9-17-35(18-10-31)43(47)48/h9-26H,27-30H2,1-4H3,(H,47,48)(H,49,50). The summed E-state index contributed by atoms with van der Waals surface area (Å²) in [6, 6.07) is 28.0. The monoisotopic (exact) mass is 878 g/mol. The second-order valence-corrected chi connectivity index (χ2v) is 17.8. The average molecular weight is 879 g/mol. The molecule has 0 saturated heterocycles. The van der Waals surface area contributed by atoms with Crippen LogP contribution in [0.15, 0.2) is 109 Å². The van der Waals surface area contributed by atoms with Crippen LogP contribution < -0.4 is 0 Å². The molecule has 318 valence electrons. The maximum absolute atomic E-state index is 13.4. The molecule has 0 heterocycles. The quantitative estimate of drug-likeness (QED) is 0.0543. The fraction of sp³-hybridized carbons (Fsp3) is 0.174. The number of carbonyl (C=O) groups is 4. The number of benzene rings is 5. The van der Waals surface area contributed by atoms with Crippen molar-refractivity contribution in [3.63, 3.8) is 0 Å². The van der Waals surface area contributed by atoms with Crippen LogP contribution >= 0.6 is 15.2 Å². The van der Waals surface area contributed by atoms with Gasteiger partial charge in [0, 0.05) is 50.7 Å². The molecule has 5 rings (SSSR count). The summed E-state index contributed by atoms with van der Waals surface area (Å²) in [4.78, 5) is 48.8. The molecular weight excluding hydrogens is 838 g/mol. The second kappa shape index (κ2) is 21.3. The molecule has 0 aromatic heterocycles. The van der Waals surface area contributed by atoms with Crippen molar-refractivity contribution in [1.29, 1.82) is 0 Å². The maximum Gasteiger partial charge on any atom is 0.338 e. The van der Waals surface area contributed by atoms with Crippen molar-refractivity contribution in [3.8, 4) is 23.7 Å². The van der Waals surface area contributed by atoms with Crippen LogP contribution in [-0.4, -0.2) is 62.5 Å². The normalized spacial score (nSPS) is 11.0. The maximum atomic E-state index is 13.4. The smallest absolute Gasteiger partial charge is 0.338 e. The highest BCUT2D eigenvalue weighted by Crippen LogP contribution is 2.52. The van der Waals surface area contributed by atoms with Gasteiger partial charge in [-0.25, -0.2) is 19.2 Å². The minimum Gasteiger partial charge on any atom is -0.478 e. The Balaban J connectivity index is 1.36. The molecule has 0 atom stereocenters. The summed E-state index contributed by atoms with van der Waals surface area (Å²) in [5.41, 5.74) is 4.56. The van der Waals surface area contributed by atoms with Gasteiger partial charge in [-0.3, -0.25) is 9.13 Å². The Morgan fingerprint density at radius 1 is 0.435 bits per heavy atom. The summed E-state index contributed by atoms with van der Waals surface area (Å²) in [5.74, 6) is 8.36. The van der Waals surface area contributed by atoms with E-state index in [0.29, 0.717) is 44.5 Å². The van der Waals surface area contributed by atoms with Gasteiger partial charge in [-0.2, -0.15) is 0 Å². The van der Waals surface area contributed by atoms with Gasteiger partial charge in [0.2, 0.25) is 0 Å². The molecule has 0 bridgehead atoms. The third kappa shape index (κ3) is 12.7. The van der Waals surface area contributed by atoms with Gasteiger partial charge in [0.05, 0.1) is 34.6 Å². The number of esters is 2. The highest BCUT2D eigenvalue weighted by molar-refractivity contribution is 7.53. The first-order valence-electron chi connectivity index (χ1n) is 18.5. The summed E-state index contributed by atoms with van der Waals surface area (Å²) in [6.45, 7) is -0.647. The lowest BCUT2D eigenvalue weighted by molar-refractivity contribution is 0.0459. The Labute approximate surface area is 357 Å². The zero-order chi connectivity index (χ0) is 44.9. The number of ether oxygens (including phenoxy) is 2. The molecule has 0 aliphatic carbocycles. The van der Waals surface area contributed by atoms with Crippen molar-refractivity contribution in [2.75, 3.05) is 28.4 Å². The van der Waals surface area contributed by atoms with Gasteiger partial charge >= 0.3 is 39.1 Å². The van der Waals surface area contributed by atoms with Gasteiger partial charge in [0.1, 0.15) is 13.2 Å². The Morgan fingerprint density at radius 3 is 0.935 bits per heavy atom. The minimum atomic E-state index is -3.71. The summed E-state index contributed by atoms with van der Waals surface area (Å²) in [7, 11) is -2.51. The fourth-order valence-corrected chi connectivity index (χ4v) is 7.93. The molecule has 0 aliphatic heterocycles. The first-order valence-corrected chi connectivity index (χ1v) is 21.9. The first kappa shape index (κ1) is 46.5. The molecule has 0 aliphatic rings. The van der Waals surface area contributed by atoms with E-state index < -0.39 is 39.1 Å². The number of carboxylic acid groups (broad SMARTS) is 2. The molecule has 0 saturated carbocycles. The predicted molar refractivity (Wildman–Crippen MR) is 227 cm³/mol. The van der Waals surface area contributed by atoms with Gasteiger partial charge in [0.25, 0.3) is 0 Å². The molecule has 0 radical (unpaired) electrons. The van der Waals surface area contributed by atoms with Crippen LogP contribution in [0.25, 0.3) is 0 Å². The first-order chi connectivity index (χ1) is 29.7. The zero-order valence-corrected chi connectivity index (χ0v) is 35.7. The van der Waals surface area contributed by atoms with Crippen molar-refractivity contribution in [1.82, 2.24) is 0 Å². The van der Waals surface area contributed by atoms with E-state index in [9.17, 15) is 28.3 Å². The van der Waals surface area contributed by atoms with Crippen molar-refractivity contribution in [2.24, 2.45) is 0 Å². The highest BCUT2D eigenvalue weighted by Gasteiger charge is 2.28. The van der Waals surface area contributed by atoms with Gasteiger partial charge < -0.3 is 37.8 Å². The van der Waals surface area contributed by atoms with Crippen molar-refractivity contribution < 1.29 is 66.1 Å². The van der Waals surface area contributed by atoms with Crippen LogP contribution in [0, 0.1) is 23.7 Å². The second-order valence-electron chi connectivity index (χ2n) is 13.2. The van der Waals surface area contributed by atoms with Crippen molar-refractivity contribution in [2.45, 2.75) is 25.5 Å². The summed E-state index contributed by atoms with van der Waals surface area (Å²) < 4.78 is 59.1. The van der Waals surface area contributed by atoms with E-state index in [1.54, 1.807) is 60.7 Å². The van der Waals surface area contributed by atoms with Gasteiger partial charge in [-0.1, -0.05) is 35.8 Å². The Bertz CT molecular complexity index is 2470. The lowest BCUT2D eigenvalue weighted by Crippen LogP contribution is -2.11. The number of rotatable bonds is 16. The predicted octanol–water partition coefficient (Wildman–Crippen LogP) is 8.57. The number of carboxylic acids is 2. The number of hydrogen-bond acceptors (Lipinski definition) is 12. The molecule has 14 nitrogen and oxygen atoms in total. The summed E-state index contributed by atoms with van der Waals surface area (Å²) in [6.07, 6.45) is -0.530. The van der Waals surface area contributed by atoms with E-state index in [0.717, 1.165) is 0 Å². The molecule has 0 fully saturated rings. The number of hydrogen-bond donors (Lipinski definition) is 2. The number of carbonyl (C=O) groups excluding carboxylic acids is 2. The van der Waals surface area contributed by atoms with Crippen LogP contribution in [0.1, 0.15) is 85.9 Å². The Kier molecular flexibility index (Phi) is 15.9. The van der Waals surface area contributed by atoms with Crippen LogP contribution in [0.4, 0.5) is 0 Å². The zero-order valence-electron chi connectivity index (χ0n) is 33.9. The molecule has 62 heavy (non-hydrogen) atoms. The molecule has 2 N–H and O–H groups in total. The van der Waals surface area contributed by atoms with Crippen LogP contribution in [0.5, 0.6) is 0 Å². The molecule has 5 aromatic rings. The van der Waals surface area contributed by atoms with E-state index >= 15 is 0 Å². The lowest BCUT2D eigenvalue weighted by Gasteiger charge is -2.21. The van der Waals surface area contributed by atoms with Crippen LogP contribution in [0.3, 0.4) is 0 Å². The van der Waals surface area contributed by atoms with Crippen molar-refractivity contribution >= 4 is 39.1 Å². The minimum absolute atomic E-state index is 0.143. The van der Waals surface area contributed by atoms with Crippen LogP contribution in [0.2, 0.25) is 0 Å². The molecular formula is C46H40O14P2. The van der Waals surface area contributed by atoms with Crippen molar-refractivity contribution in [3.05, 3.63) is 176 Å². The Hall–Kier alpha value is -6.60. The summed E-state index contributed by atoms with van der Waals surface area (Å²) in [5, 5.41) is 18.2. The SMILES string of the molecule is COP(=O)(Cc1cc(COC(=O)c2ccc(C#Cc3ccc(C(=O)O)cc3)cc2)c(CP(=O)(OC)OC)cc1COC(=O)c1ccc(C#Cc2ccc(C(=O)O)cc2)cc1)OC. The largest absolute Gasteiger partial charge is 0.478 e. The summed E-state index contributed by atoms with van der Waals surface area (Å²) >= 11 is 0. The third-order valence-corrected chi connectivity index (χ3v) is 13.0.